The highest BCUT2D eigenvalue weighted by atomic mass is 32.1. The normalized spacial score (nSPS) is 21.4. The number of thiazole rings is 1. The van der Waals surface area contributed by atoms with Gasteiger partial charge in [-0.2, -0.15) is 0 Å². The third kappa shape index (κ3) is 4.16. The summed E-state index contributed by atoms with van der Waals surface area (Å²) in [7, 11) is 0. The number of piperidine rings is 1. The SMILES string of the molecule is O=C1CCCCN1c1ccc2c(c1)ncn2Cc1ccc2nc(N[C@@H]3CCCC[C@H]3O)sc2c1. The van der Waals surface area contributed by atoms with E-state index in [9.17, 15) is 9.90 Å². The maximum Gasteiger partial charge on any atom is 0.226 e. The number of amides is 1. The topological polar surface area (TPSA) is 83.3 Å². The van der Waals surface area contributed by atoms with E-state index >= 15 is 0 Å². The maximum atomic E-state index is 12.3. The molecule has 2 N–H and O–H groups in total. The molecule has 0 radical (unpaired) electrons. The van der Waals surface area contributed by atoms with Crippen molar-refractivity contribution in [2.45, 2.75) is 63.6 Å². The molecule has 1 aliphatic carbocycles. The summed E-state index contributed by atoms with van der Waals surface area (Å²) in [5.74, 6) is 0.203. The number of aliphatic hydroxyl groups excluding tert-OH is 1. The Morgan fingerprint density at radius 2 is 1.97 bits per heavy atom. The van der Waals surface area contributed by atoms with Crippen LogP contribution >= 0.6 is 11.3 Å². The molecule has 0 unspecified atom stereocenters. The predicted molar refractivity (Wildman–Crippen MR) is 137 cm³/mol. The number of imidazole rings is 1. The summed E-state index contributed by atoms with van der Waals surface area (Å²) in [6.45, 7) is 1.51. The highest BCUT2D eigenvalue weighted by Gasteiger charge is 2.24. The van der Waals surface area contributed by atoms with E-state index in [1.807, 2.05) is 23.4 Å². The zero-order valence-electron chi connectivity index (χ0n) is 19.1. The van der Waals surface area contributed by atoms with Crippen molar-refractivity contribution in [2.24, 2.45) is 0 Å². The van der Waals surface area contributed by atoms with Crippen LogP contribution in [-0.4, -0.2) is 44.2 Å². The van der Waals surface area contributed by atoms with E-state index < -0.39 is 0 Å². The molecular weight excluding hydrogens is 446 g/mol. The fourth-order valence-electron chi connectivity index (χ4n) is 5.19. The summed E-state index contributed by atoms with van der Waals surface area (Å²) >= 11 is 1.65. The largest absolute Gasteiger partial charge is 0.391 e. The summed E-state index contributed by atoms with van der Waals surface area (Å²) in [6.07, 6.45) is 8.35. The predicted octanol–water partition coefficient (Wildman–Crippen LogP) is 4.93. The van der Waals surface area contributed by atoms with Crippen molar-refractivity contribution >= 4 is 49.3 Å². The Morgan fingerprint density at radius 3 is 2.85 bits per heavy atom. The number of aliphatic hydroxyl groups is 1. The Morgan fingerprint density at radius 1 is 1.06 bits per heavy atom. The quantitative estimate of drug-likeness (QED) is 0.428. The molecule has 8 heteroatoms. The molecule has 2 aromatic heterocycles. The van der Waals surface area contributed by atoms with Gasteiger partial charge in [-0.3, -0.25) is 4.79 Å². The molecule has 2 aromatic carbocycles. The van der Waals surface area contributed by atoms with Gasteiger partial charge in [-0.1, -0.05) is 30.2 Å². The molecule has 4 aromatic rings. The number of aromatic nitrogens is 3. The lowest BCUT2D eigenvalue weighted by Crippen LogP contribution is -2.36. The van der Waals surface area contributed by atoms with Gasteiger partial charge in [-0.15, -0.1) is 0 Å². The van der Waals surface area contributed by atoms with Gasteiger partial charge in [0.1, 0.15) is 0 Å². The molecule has 34 heavy (non-hydrogen) atoms. The highest BCUT2D eigenvalue weighted by molar-refractivity contribution is 7.22. The second-order valence-electron chi connectivity index (χ2n) is 9.47. The van der Waals surface area contributed by atoms with Gasteiger partial charge in [0.15, 0.2) is 5.13 Å². The first kappa shape index (κ1) is 21.6. The summed E-state index contributed by atoms with van der Waals surface area (Å²) in [5.41, 5.74) is 5.08. The third-order valence-electron chi connectivity index (χ3n) is 7.08. The van der Waals surface area contributed by atoms with Crippen molar-refractivity contribution in [1.29, 1.82) is 0 Å². The van der Waals surface area contributed by atoms with E-state index in [4.69, 9.17) is 4.98 Å². The second kappa shape index (κ2) is 9.00. The lowest BCUT2D eigenvalue weighted by atomic mass is 9.93. The van der Waals surface area contributed by atoms with E-state index in [0.717, 1.165) is 83.7 Å². The number of hydrogen-bond donors (Lipinski definition) is 2. The van der Waals surface area contributed by atoms with Gasteiger partial charge in [0.05, 0.1) is 39.7 Å². The number of rotatable bonds is 5. The van der Waals surface area contributed by atoms with Crippen LogP contribution in [0.3, 0.4) is 0 Å². The minimum atomic E-state index is -0.292. The lowest BCUT2D eigenvalue weighted by molar-refractivity contribution is -0.119. The third-order valence-corrected chi connectivity index (χ3v) is 8.03. The standard InChI is InChI=1S/C26H29N5O2S/c32-23-6-2-1-5-19(23)28-26-29-20-10-8-17(13-24(20)34-26)15-30-16-27-21-14-18(9-11-22(21)30)31-12-4-3-7-25(31)33/h8-11,13-14,16,19,23,32H,1-7,12,15H2,(H,28,29)/t19-,23-/m1/s1. The minimum absolute atomic E-state index is 0.0937. The molecular formula is C26H29N5O2S. The summed E-state index contributed by atoms with van der Waals surface area (Å²) in [5, 5.41) is 14.6. The van der Waals surface area contributed by atoms with Crippen LogP contribution in [0.5, 0.6) is 0 Å². The zero-order chi connectivity index (χ0) is 23.1. The molecule has 2 atom stereocenters. The van der Waals surface area contributed by atoms with Gasteiger partial charge in [-0.25, -0.2) is 9.97 Å². The van der Waals surface area contributed by atoms with Crippen LogP contribution in [0.2, 0.25) is 0 Å². The Labute approximate surface area is 202 Å². The first-order valence-corrected chi connectivity index (χ1v) is 13.0. The van der Waals surface area contributed by atoms with Crippen LogP contribution in [0.25, 0.3) is 21.3 Å². The van der Waals surface area contributed by atoms with Gasteiger partial charge in [0.2, 0.25) is 5.91 Å². The molecule has 1 saturated heterocycles. The molecule has 2 aliphatic rings. The van der Waals surface area contributed by atoms with E-state index in [0.29, 0.717) is 6.42 Å². The number of nitrogens with zero attached hydrogens (tertiary/aromatic N) is 4. The number of anilines is 2. The number of fused-ring (bicyclic) bond motifs is 2. The van der Waals surface area contributed by atoms with Crippen LogP contribution in [0.4, 0.5) is 10.8 Å². The van der Waals surface area contributed by atoms with Crippen molar-refractivity contribution < 1.29 is 9.90 Å². The number of carbonyl (C=O) groups is 1. The Kier molecular flexibility index (Phi) is 5.71. The Balaban J connectivity index is 1.21. The Bertz CT molecular complexity index is 1350. The first-order chi connectivity index (χ1) is 16.6. The lowest BCUT2D eigenvalue weighted by Gasteiger charge is -2.27. The molecule has 6 rings (SSSR count). The van der Waals surface area contributed by atoms with E-state index in [-0.39, 0.29) is 18.1 Å². The zero-order valence-corrected chi connectivity index (χ0v) is 19.9. The molecule has 1 saturated carbocycles. The van der Waals surface area contributed by atoms with Gasteiger partial charge in [0, 0.05) is 25.2 Å². The van der Waals surface area contributed by atoms with Gasteiger partial charge < -0.3 is 19.9 Å². The van der Waals surface area contributed by atoms with Gasteiger partial charge >= 0.3 is 0 Å². The van der Waals surface area contributed by atoms with Crippen molar-refractivity contribution in [2.75, 3.05) is 16.8 Å². The maximum absolute atomic E-state index is 12.3. The van der Waals surface area contributed by atoms with Gasteiger partial charge in [0.25, 0.3) is 0 Å². The average molecular weight is 476 g/mol. The van der Waals surface area contributed by atoms with Crippen molar-refractivity contribution in [1.82, 2.24) is 14.5 Å². The van der Waals surface area contributed by atoms with Crippen LogP contribution in [0.15, 0.2) is 42.7 Å². The van der Waals surface area contributed by atoms with Gasteiger partial charge in [-0.05, 0) is 61.6 Å². The highest BCUT2D eigenvalue weighted by Crippen LogP contribution is 2.31. The van der Waals surface area contributed by atoms with Crippen LogP contribution in [0, 0.1) is 0 Å². The van der Waals surface area contributed by atoms with Crippen LogP contribution in [0.1, 0.15) is 50.5 Å². The summed E-state index contributed by atoms with van der Waals surface area (Å²) in [6, 6.07) is 12.6. The first-order valence-electron chi connectivity index (χ1n) is 12.2. The van der Waals surface area contributed by atoms with Crippen LogP contribution in [-0.2, 0) is 11.3 Å². The van der Waals surface area contributed by atoms with Crippen LogP contribution < -0.4 is 10.2 Å². The Hall–Kier alpha value is -2.97. The van der Waals surface area contributed by atoms with E-state index in [1.165, 1.54) is 5.56 Å². The fraction of sp³-hybridized carbons (Fsp3) is 0.423. The number of nitrogens with one attached hydrogen (secondary N) is 1. The summed E-state index contributed by atoms with van der Waals surface area (Å²) in [4.78, 5) is 23.5. The smallest absolute Gasteiger partial charge is 0.226 e. The molecule has 3 heterocycles. The van der Waals surface area contributed by atoms with E-state index in [1.54, 1.807) is 11.3 Å². The monoisotopic (exact) mass is 475 g/mol. The molecule has 0 spiro atoms. The average Bonchev–Trinajstić information content (AvgIpc) is 3.43. The van der Waals surface area contributed by atoms with E-state index in [2.05, 4.69) is 39.1 Å². The van der Waals surface area contributed by atoms with Crippen molar-refractivity contribution in [3.05, 3.63) is 48.3 Å². The molecule has 0 bridgehead atoms. The molecule has 176 valence electrons. The number of carbonyl (C=O) groups excluding carboxylic acids is 1. The molecule has 1 aliphatic heterocycles. The number of benzene rings is 2. The second-order valence-corrected chi connectivity index (χ2v) is 10.5. The summed E-state index contributed by atoms with van der Waals surface area (Å²) < 4.78 is 3.29. The fourth-order valence-corrected chi connectivity index (χ4v) is 6.18. The van der Waals surface area contributed by atoms with Crippen molar-refractivity contribution in [3.63, 3.8) is 0 Å². The molecule has 2 fully saturated rings. The molecule has 7 nitrogen and oxygen atoms in total. The number of hydrogen-bond acceptors (Lipinski definition) is 6. The minimum Gasteiger partial charge on any atom is -0.391 e. The van der Waals surface area contributed by atoms with Crippen molar-refractivity contribution in [3.8, 4) is 0 Å². The molecule has 1 amide bonds.